The summed E-state index contributed by atoms with van der Waals surface area (Å²) >= 11 is 0. The molecular weight excluding hydrogens is 238 g/mol. The van der Waals surface area contributed by atoms with Gasteiger partial charge >= 0.3 is 0 Å². The Morgan fingerprint density at radius 2 is 1.84 bits per heavy atom. The molecule has 2 rings (SSSR count). The number of aryl methyl sites for hydroxylation is 1. The van der Waals surface area contributed by atoms with Gasteiger partial charge in [-0.05, 0) is 69.3 Å². The van der Waals surface area contributed by atoms with E-state index in [4.69, 9.17) is 9.47 Å². The second kappa shape index (κ2) is 6.29. The van der Waals surface area contributed by atoms with Crippen molar-refractivity contribution in [2.24, 2.45) is 5.92 Å². The van der Waals surface area contributed by atoms with Gasteiger partial charge in [-0.2, -0.15) is 0 Å². The molecule has 0 atom stereocenters. The van der Waals surface area contributed by atoms with Gasteiger partial charge in [-0.1, -0.05) is 0 Å². The Balaban J connectivity index is 2.32. The molecule has 1 aromatic rings. The third kappa shape index (κ3) is 3.03. The maximum absolute atomic E-state index is 5.63. The minimum atomic E-state index is 0.750. The van der Waals surface area contributed by atoms with Crippen LogP contribution in [0.15, 0.2) is 6.07 Å². The van der Waals surface area contributed by atoms with Gasteiger partial charge in [-0.3, -0.25) is 0 Å². The van der Waals surface area contributed by atoms with Crippen LogP contribution in [0, 0.1) is 19.8 Å². The fourth-order valence-electron chi connectivity index (χ4n) is 3.04. The third-order valence-corrected chi connectivity index (χ3v) is 4.18. The van der Waals surface area contributed by atoms with Gasteiger partial charge in [-0.25, -0.2) is 0 Å². The normalized spacial score (nSPS) is 16.4. The summed E-state index contributed by atoms with van der Waals surface area (Å²) in [5, 5.41) is 3.42. The van der Waals surface area contributed by atoms with E-state index in [1.54, 1.807) is 14.2 Å². The van der Waals surface area contributed by atoms with Crippen molar-refractivity contribution in [2.75, 3.05) is 27.3 Å². The van der Waals surface area contributed by atoms with Crippen LogP contribution in [0.25, 0.3) is 0 Å². The fraction of sp³-hybridized carbons (Fsp3) is 0.625. The largest absolute Gasteiger partial charge is 0.496 e. The minimum Gasteiger partial charge on any atom is -0.496 e. The molecule has 1 N–H and O–H groups in total. The second-order valence-electron chi connectivity index (χ2n) is 5.43. The molecule has 0 aliphatic carbocycles. The van der Waals surface area contributed by atoms with Crippen molar-refractivity contribution in [3.63, 3.8) is 0 Å². The summed E-state index contributed by atoms with van der Waals surface area (Å²) in [6.45, 7) is 6.49. The molecule has 106 valence electrons. The van der Waals surface area contributed by atoms with Gasteiger partial charge in [0.05, 0.1) is 14.2 Å². The quantitative estimate of drug-likeness (QED) is 0.906. The van der Waals surface area contributed by atoms with E-state index in [1.807, 2.05) is 0 Å². The number of piperidine rings is 1. The van der Waals surface area contributed by atoms with Gasteiger partial charge in [0.2, 0.25) is 0 Å². The summed E-state index contributed by atoms with van der Waals surface area (Å²) < 4.78 is 11.1. The zero-order chi connectivity index (χ0) is 13.8. The summed E-state index contributed by atoms with van der Waals surface area (Å²) in [6.07, 6.45) is 3.59. The van der Waals surface area contributed by atoms with Crippen LogP contribution in [-0.4, -0.2) is 27.3 Å². The van der Waals surface area contributed by atoms with Gasteiger partial charge < -0.3 is 14.8 Å². The first-order valence-electron chi connectivity index (χ1n) is 7.09. The van der Waals surface area contributed by atoms with Crippen LogP contribution in [0.4, 0.5) is 0 Å². The monoisotopic (exact) mass is 263 g/mol. The Bertz CT molecular complexity index is 437. The molecule has 0 amide bonds. The summed E-state index contributed by atoms with van der Waals surface area (Å²) in [5.41, 5.74) is 3.71. The van der Waals surface area contributed by atoms with E-state index >= 15 is 0 Å². The van der Waals surface area contributed by atoms with Crippen LogP contribution < -0.4 is 14.8 Å². The lowest BCUT2D eigenvalue weighted by atomic mass is 9.87. The highest BCUT2D eigenvalue weighted by molar-refractivity contribution is 5.53. The molecule has 3 heteroatoms. The molecule has 0 unspecified atom stereocenters. The molecule has 1 saturated heterocycles. The highest BCUT2D eigenvalue weighted by Gasteiger charge is 2.20. The Morgan fingerprint density at radius 3 is 2.42 bits per heavy atom. The van der Waals surface area contributed by atoms with Crippen molar-refractivity contribution in [3.8, 4) is 11.5 Å². The number of rotatable bonds is 4. The fourth-order valence-corrected chi connectivity index (χ4v) is 3.04. The van der Waals surface area contributed by atoms with Crippen molar-refractivity contribution in [2.45, 2.75) is 33.1 Å². The highest BCUT2D eigenvalue weighted by atomic mass is 16.5. The SMILES string of the molecule is COc1cc(C)c(OC)c(CC2CCNCC2)c1C. The van der Waals surface area contributed by atoms with Crippen LogP contribution in [0.2, 0.25) is 0 Å². The van der Waals surface area contributed by atoms with Crippen LogP contribution in [0.1, 0.15) is 29.5 Å². The van der Waals surface area contributed by atoms with Gasteiger partial charge in [-0.15, -0.1) is 0 Å². The molecule has 1 aliphatic heterocycles. The summed E-state index contributed by atoms with van der Waals surface area (Å²) in [4.78, 5) is 0. The average molecular weight is 263 g/mol. The molecule has 3 nitrogen and oxygen atoms in total. The number of nitrogens with one attached hydrogen (secondary N) is 1. The summed E-state index contributed by atoms with van der Waals surface area (Å²) in [6, 6.07) is 2.07. The predicted molar refractivity (Wildman–Crippen MR) is 78.3 cm³/mol. The Hall–Kier alpha value is -1.22. The van der Waals surface area contributed by atoms with E-state index in [-0.39, 0.29) is 0 Å². The van der Waals surface area contributed by atoms with Crippen LogP contribution in [0.5, 0.6) is 11.5 Å². The Kier molecular flexibility index (Phi) is 4.70. The maximum Gasteiger partial charge on any atom is 0.125 e. The molecule has 0 saturated carbocycles. The van der Waals surface area contributed by atoms with Gasteiger partial charge in [0.1, 0.15) is 11.5 Å². The standard InChI is InChI=1S/C16H25NO2/c1-11-9-15(18-3)12(2)14(16(11)19-4)10-13-5-7-17-8-6-13/h9,13,17H,5-8,10H2,1-4H3. The first-order valence-corrected chi connectivity index (χ1v) is 7.09. The maximum atomic E-state index is 5.63. The van der Waals surface area contributed by atoms with E-state index in [9.17, 15) is 0 Å². The zero-order valence-corrected chi connectivity index (χ0v) is 12.5. The van der Waals surface area contributed by atoms with E-state index < -0.39 is 0 Å². The molecule has 0 radical (unpaired) electrons. The van der Waals surface area contributed by atoms with Gasteiger partial charge in [0.15, 0.2) is 0 Å². The molecular formula is C16H25NO2. The Labute approximate surface area is 116 Å². The van der Waals surface area contributed by atoms with Crippen molar-refractivity contribution < 1.29 is 9.47 Å². The zero-order valence-electron chi connectivity index (χ0n) is 12.5. The van der Waals surface area contributed by atoms with Crippen molar-refractivity contribution in [3.05, 3.63) is 22.8 Å². The first-order chi connectivity index (χ1) is 9.17. The summed E-state index contributed by atoms with van der Waals surface area (Å²) in [7, 11) is 3.50. The smallest absolute Gasteiger partial charge is 0.125 e. The topological polar surface area (TPSA) is 30.5 Å². The van der Waals surface area contributed by atoms with Crippen LogP contribution in [0.3, 0.4) is 0 Å². The number of methoxy groups -OCH3 is 2. The lowest BCUT2D eigenvalue weighted by molar-refractivity contribution is 0.356. The average Bonchev–Trinajstić information content (AvgIpc) is 2.44. The van der Waals surface area contributed by atoms with Gasteiger partial charge in [0.25, 0.3) is 0 Å². The molecule has 1 aromatic carbocycles. The predicted octanol–water partition coefficient (Wildman–Crippen LogP) is 2.86. The third-order valence-electron chi connectivity index (χ3n) is 4.18. The summed E-state index contributed by atoms with van der Waals surface area (Å²) in [5.74, 6) is 2.76. The number of hydrogen-bond donors (Lipinski definition) is 1. The lowest BCUT2D eigenvalue weighted by Gasteiger charge is -2.25. The molecule has 1 heterocycles. The molecule has 0 aromatic heterocycles. The highest BCUT2D eigenvalue weighted by Crippen LogP contribution is 2.36. The molecule has 1 fully saturated rings. The molecule has 0 bridgehead atoms. The van der Waals surface area contributed by atoms with E-state index in [0.717, 1.165) is 42.5 Å². The molecule has 19 heavy (non-hydrogen) atoms. The van der Waals surface area contributed by atoms with Crippen LogP contribution in [-0.2, 0) is 6.42 Å². The second-order valence-corrected chi connectivity index (χ2v) is 5.43. The van der Waals surface area contributed by atoms with E-state index in [1.165, 1.54) is 24.0 Å². The van der Waals surface area contributed by atoms with E-state index in [2.05, 4.69) is 25.2 Å². The van der Waals surface area contributed by atoms with E-state index in [0.29, 0.717) is 0 Å². The van der Waals surface area contributed by atoms with Crippen molar-refractivity contribution in [1.29, 1.82) is 0 Å². The Morgan fingerprint density at radius 1 is 1.16 bits per heavy atom. The van der Waals surface area contributed by atoms with Crippen LogP contribution >= 0.6 is 0 Å². The molecule has 1 aliphatic rings. The molecule has 0 spiro atoms. The van der Waals surface area contributed by atoms with Crippen molar-refractivity contribution in [1.82, 2.24) is 5.32 Å². The minimum absolute atomic E-state index is 0.750. The first kappa shape index (κ1) is 14.2. The number of benzene rings is 1. The van der Waals surface area contributed by atoms with Gasteiger partial charge in [0, 0.05) is 5.56 Å². The lowest BCUT2D eigenvalue weighted by Crippen LogP contribution is -2.29. The van der Waals surface area contributed by atoms with Crippen molar-refractivity contribution >= 4 is 0 Å². The number of ether oxygens (including phenoxy) is 2. The number of hydrogen-bond acceptors (Lipinski definition) is 3.